The highest BCUT2D eigenvalue weighted by atomic mass is 32.2. The molecule has 0 saturated carbocycles. The van der Waals surface area contributed by atoms with Crippen LogP contribution in [0.1, 0.15) is 23.7 Å². The average molecular weight is 473 g/mol. The van der Waals surface area contributed by atoms with Crippen molar-refractivity contribution in [2.24, 2.45) is 0 Å². The Morgan fingerprint density at radius 1 is 1.12 bits per heavy atom. The number of carbonyl (C=O) groups excluding carboxylic acids is 1. The first-order valence-corrected chi connectivity index (χ1v) is 12.5. The molecule has 4 rings (SSSR count). The van der Waals surface area contributed by atoms with E-state index in [1.807, 2.05) is 35.8 Å². The maximum atomic E-state index is 12.9. The Labute approximate surface area is 193 Å². The van der Waals surface area contributed by atoms with Crippen LogP contribution in [0.5, 0.6) is 0 Å². The third-order valence-corrected chi connectivity index (χ3v) is 7.39. The number of fused-ring (bicyclic) bond motifs is 1. The second-order valence-electron chi connectivity index (χ2n) is 7.62. The number of imidazole rings is 1. The second-order valence-corrected chi connectivity index (χ2v) is 9.56. The summed E-state index contributed by atoms with van der Waals surface area (Å²) in [6, 6.07) is 13.7. The van der Waals surface area contributed by atoms with Gasteiger partial charge in [0, 0.05) is 38.4 Å². The quantitative estimate of drug-likeness (QED) is 0.481. The van der Waals surface area contributed by atoms with Gasteiger partial charge in [0.25, 0.3) is 5.91 Å². The van der Waals surface area contributed by atoms with Crippen molar-refractivity contribution in [1.29, 1.82) is 0 Å². The Morgan fingerprint density at radius 3 is 2.58 bits per heavy atom. The number of benzene rings is 2. The van der Waals surface area contributed by atoms with Gasteiger partial charge < -0.3 is 14.0 Å². The van der Waals surface area contributed by atoms with Crippen molar-refractivity contribution >= 4 is 32.9 Å². The number of amides is 1. The summed E-state index contributed by atoms with van der Waals surface area (Å²) in [4.78, 5) is 17.6. The molecule has 1 fully saturated rings. The number of aryl methyl sites for hydroxylation is 1. The van der Waals surface area contributed by atoms with E-state index in [0.717, 1.165) is 17.5 Å². The molecule has 0 unspecified atom stereocenters. The number of aromatic nitrogens is 2. The Morgan fingerprint density at radius 2 is 1.85 bits per heavy atom. The van der Waals surface area contributed by atoms with Crippen LogP contribution < -0.4 is 5.32 Å². The van der Waals surface area contributed by atoms with Crippen molar-refractivity contribution < 1.29 is 22.7 Å². The molecule has 1 aromatic heterocycles. The first-order chi connectivity index (χ1) is 16.0. The molecule has 3 aromatic rings. The van der Waals surface area contributed by atoms with Crippen molar-refractivity contribution in [3.63, 3.8) is 0 Å². The zero-order valence-electron chi connectivity index (χ0n) is 18.6. The van der Waals surface area contributed by atoms with Crippen LogP contribution in [0.4, 0.5) is 5.95 Å². The van der Waals surface area contributed by atoms with Crippen molar-refractivity contribution in [3.05, 3.63) is 54.1 Å². The summed E-state index contributed by atoms with van der Waals surface area (Å²) in [7, 11) is -3.61. The van der Waals surface area contributed by atoms with E-state index in [9.17, 15) is 13.2 Å². The third-order valence-electron chi connectivity index (χ3n) is 5.48. The van der Waals surface area contributed by atoms with E-state index >= 15 is 0 Å². The normalized spacial score (nSPS) is 15.1. The molecular weight excluding hydrogens is 444 g/mol. The third kappa shape index (κ3) is 5.25. The molecule has 1 saturated heterocycles. The van der Waals surface area contributed by atoms with Gasteiger partial charge in [0.15, 0.2) is 0 Å². The van der Waals surface area contributed by atoms with E-state index in [0.29, 0.717) is 57.6 Å². The molecule has 2 aromatic carbocycles. The van der Waals surface area contributed by atoms with Gasteiger partial charge in [0.1, 0.15) is 0 Å². The van der Waals surface area contributed by atoms with Crippen LogP contribution in [0.15, 0.2) is 53.4 Å². The summed E-state index contributed by atoms with van der Waals surface area (Å²) in [5.74, 6) is 0.0920. The molecule has 0 radical (unpaired) electrons. The molecule has 1 aliphatic heterocycles. The molecule has 176 valence electrons. The minimum atomic E-state index is -3.61. The van der Waals surface area contributed by atoms with Gasteiger partial charge in [-0.2, -0.15) is 4.31 Å². The van der Waals surface area contributed by atoms with Crippen LogP contribution in [0.25, 0.3) is 11.0 Å². The van der Waals surface area contributed by atoms with Crippen LogP contribution in [0.2, 0.25) is 0 Å². The lowest BCUT2D eigenvalue weighted by Crippen LogP contribution is -2.40. The number of rotatable bonds is 9. The minimum Gasteiger partial charge on any atom is -0.382 e. The Kier molecular flexibility index (Phi) is 7.39. The molecule has 0 spiro atoms. The molecule has 1 amide bonds. The summed E-state index contributed by atoms with van der Waals surface area (Å²) in [5.41, 5.74) is 2.07. The topological polar surface area (TPSA) is 103 Å². The summed E-state index contributed by atoms with van der Waals surface area (Å²) in [6.07, 6.45) is 0.783. The zero-order chi connectivity index (χ0) is 23.3. The molecule has 0 bridgehead atoms. The number of para-hydroxylation sites is 2. The van der Waals surface area contributed by atoms with E-state index < -0.39 is 10.0 Å². The Bertz CT molecular complexity index is 1200. The maximum absolute atomic E-state index is 12.9. The van der Waals surface area contributed by atoms with Gasteiger partial charge in [-0.25, -0.2) is 13.4 Å². The van der Waals surface area contributed by atoms with Gasteiger partial charge in [-0.3, -0.25) is 10.1 Å². The fourth-order valence-electron chi connectivity index (χ4n) is 3.75. The van der Waals surface area contributed by atoms with Crippen LogP contribution in [0.3, 0.4) is 0 Å². The lowest BCUT2D eigenvalue weighted by Gasteiger charge is -2.26. The first-order valence-electron chi connectivity index (χ1n) is 11.0. The van der Waals surface area contributed by atoms with Gasteiger partial charge in [-0.15, -0.1) is 0 Å². The molecule has 1 aliphatic rings. The maximum Gasteiger partial charge on any atom is 0.257 e. The first kappa shape index (κ1) is 23.4. The zero-order valence-corrected chi connectivity index (χ0v) is 19.4. The molecular formula is C23H28N4O5S. The number of hydrogen-bond donors (Lipinski definition) is 1. The van der Waals surface area contributed by atoms with Gasteiger partial charge in [-0.05, 0) is 49.7 Å². The van der Waals surface area contributed by atoms with E-state index in [1.54, 1.807) is 0 Å². The number of nitrogens with one attached hydrogen (secondary N) is 1. The molecule has 33 heavy (non-hydrogen) atoms. The van der Waals surface area contributed by atoms with Gasteiger partial charge in [0.2, 0.25) is 16.0 Å². The molecule has 9 nitrogen and oxygen atoms in total. The standard InChI is InChI=1S/C23H28N4O5S/c1-2-31-15-5-12-27-21-7-4-3-6-20(21)24-23(27)25-22(28)18-8-10-19(11-9-18)33(29,30)26-13-16-32-17-14-26/h3-4,6-11H,2,5,12-17H2,1H3,(H,24,25,28). The number of sulfonamides is 1. The number of hydrogen-bond acceptors (Lipinski definition) is 6. The highest BCUT2D eigenvalue weighted by Crippen LogP contribution is 2.22. The SMILES string of the molecule is CCOCCCn1c(NC(=O)c2ccc(S(=O)(=O)N3CCOCC3)cc2)nc2ccccc21. The summed E-state index contributed by atoms with van der Waals surface area (Å²) < 4.78 is 39.6. The molecule has 0 atom stereocenters. The highest BCUT2D eigenvalue weighted by Gasteiger charge is 2.26. The molecule has 0 aliphatic carbocycles. The van der Waals surface area contributed by atoms with E-state index in [-0.39, 0.29) is 10.8 Å². The lowest BCUT2D eigenvalue weighted by molar-refractivity contribution is 0.0730. The fourth-order valence-corrected chi connectivity index (χ4v) is 5.16. The van der Waals surface area contributed by atoms with Crippen LogP contribution in [-0.2, 0) is 26.0 Å². The average Bonchev–Trinajstić information content (AvgIpc) is 3.19. The smallest absolute Gasteiger partial charge is 0.257 e. The van der Waals surface area contributed by atoms with Crippen molar-refractivity contribution in [2.45, 2.75) is 24.8 Å². The van der Waals surface area contributed by atoms with E-state index in [4.69, 9.17) is 9.47 Å². The number of ether oxygens (including phenoxy) is 2. The Hall–Kier alpha value is -2.79. The van der Waals surface area contributed by atoms with Crippen molar-refractivity contribution in [3.8, 4) is 0 Å². The second kappa shape index (κ2) is 10.4. The lowest BCUT2D eigenvalue weighted by atomic mass is 10.2. The summed E-state index contributed by atoms with van der Waals surface area (Å²) in [6.45, 7) is 5.29. The van der Waals surface area contributed by atoms with Crippen LogP contribution in [0, 0.1) is 0 Å². The van der Waals surface area contributed by atoms with Crippen molar-refractivity contribution in [1.82, 2.24) is 13.9 Å². The predicted octanol–water partition coefficient (Wildman–Crippen LogP) is 2.74. The van der Waals surface area contributed by atoms with Gasteiger partial charge >= 0.3 is 0 Å². The molecule has 10 heteroatoms. The number of nitrogens with zero attached hydrogens (tertiary/aromatic N) is 3. The number of morpholine rings is 1. The monoisotopic (exact) mass is 472 g/mol. The van der Waals surface area contributed by atoms with E-state index in [1.165, 1.54) is 28.6 Å². The van der Waals surface area contributed by atoms with Gasteiger partial charge in [-0.1, -0.05) is 12.1 Å². The highest BCUT2D eigenvalue weighted by molar-refractivity contribution is 7.89. The number of anilines is 1. The Balaban J connectivity index is 1.51. The van der Waals surface area contributed by atoms with Gasteiger partial charge in [0.05, 0.1) is 29.1 Å². The molecule has 1 N–H and O–H groups in total. The summed E-state index contributed by atoms with van der Waals surface area (Å²) in [5, 5.41) is 2.87. The van der Waals surface area contributed by atoms with Crippen LogP contribution >= 0.6 is 0 Å². The van der Waals surface area contributed by atoms with E-state index in [2.05, 4.69) is 10.3 Å². The van der Waals surface area contributed by atoms with Crippen molar-refractivity contribution in [2.75, 3.05) is 44.8 Å². The minimum absolute atomic E-state index is 0.157. The fraction of sp³-hybridized carbons (Fsp3) is 0.391. The van der Waals surface area contributed by atoms with Crippen LogP contribution in [-0.4, -0.2) is 67.7 Å². The largest absolute Gasteiger partial charge is 0.382 e. The predicted molar refractivity (Wildman–Crippen MR) is 125 cm³/mol. The number of carbonyl (C=O) groups is 1. The summed E-state index contributed by atoms with van der Waals surface area (Å²) >= 11 is 0. The molecule has 2 heterocycles.